The van der Waals surface area contributed by atoms with Gasteiger partial charge in [0.05, 0.1) is 0 Å². The average Bonchev–Trinajstić information content (AvgIpc) is 2.92. The number of nitrogen functional groups attached to an aromatic ring is 1. The number of hydrogen-bond acceptors (Lipinski definition) is 6. The molecular formula is C12H10N4O3S. The van der Waals surface area contributed by atoms with Gasteiger partial charge in [0.25, 0.3) is 5.91 Å². The van der Waals surface area contributed by atoms with E-state index in [1.807, 2.05) is 5.32 Å². The summed E-state index contributed by atoms with van der Waals surface area (Å²) in [5.74, 6) is -2.69. The minimum Gasteiger partial charge on any atom is -0.399 e. The van der Waals surface area contributed by atoms with Gasteiger partial charge in [-0.2, -0.15) is 0 Å². The minimum absolute atomic E-state index is 0.231. The van der Waals surface area contributed by atoms with Crippen molar-refractivity contribution in [1.82, 2.24) is 10.3 Å². The lowest BCUT2D eigenvalue weighted by Gasteiger charge is -2.04. The number of nitrogens with zero attached hydrogens (tertiary/aromatic N) is 1. The van der Waals surface area contributed by atoms with Gasteiger partial charge in [0.15, 0.2) is 5.13 Å². The van der Waals surface area contributed by atoms with Gasteiger partial charge in [0, 0.05) is 22.8 Å². The van der Waals surface area contributed by atoms with E-state index in [9.17, 15) is 14.4 Å². The van der Waals surface area contributed by atoms with Gasteiger partial charge in [-0.05, 0) is 24.3 Å². The predicted octanol–water partition coefficient (Wildman–Crippen LogP) is 0.620. The predicted molar refractivity (Wildman–Crippen MR) is 74.1 cm³/mol. The highest BCUT2D eigenvalue weighted by Gasteiger charge is 2.18. The van der Waals surface area contributed by atoms with Gasteiger partial charge in [-0.15, -0.1) is 11.3 Å². The zero-order valence-electron chi connectivity index (χ0n) is 10.1. The Morgan fingerprint density at radius 1 is 1.10 bits per heavy atom. The topological polar surface area (TPSA) is 114 Å². The SMILES string of the molecule is Nc1ccc(C(=O)NC(=O)C(=O)Nc2nccs2)cc1. The number of imide groups is 1. The summed E-state index contributed by atoms with van der Waals surface area (Å²) in [4.78, 5) is 38.5. The zero-order valence-corrected chi connectivity index (χ0v) is 10.9. The van der Waals surface area contributed by atoms with Crippen LogP contribution in [0.25, 0.3) is 0 Å². The van der Waals surface area contributed by atoms with Crippen molar-refractivity contribution in [3.63, 3.8) is 0 Å². The summed E-state index contributed by atoms with van der Waals surface area (Å²) in [6.07, 6.45) is 1.48. The van der Waals surface area contributed by atoms with Crippen molar-refractivity contribution in [3.8, 4) is 0 Å². The molecule has 0 atom stereocenters. The number of anilines is 2. The van der Waals surface area contributed by atoms with Crippen LogP contribution in [0.4, 0.5) is 10.8 Å². The van der Waals surface area contributed by atoms with Crippen LogP contribution in [0.3, 0.4) is 0 Å². The highest BCUT2D eigenvalue weighted by Crippen LogP contribution is 2.09. The highest BCUT2D eigenvalue weighted by atomic mass is 32.1. The summed E-state index contributed by atoms with van der Waals surface area (Å²) in [5, 5.41) is 6.17. The summed E-state index contributed by atoms with van der Waals surface area (Å²) in [6.45, 7) is 0. The largest absolute Gasteiger partial charge is 0.399 e. The molecule has 1 aromatic carbocycles. The van der Waals surface area contributed by atoms with E-state index in [1.54, 1.807) is 5.38 Å². The molecule has 0 aliphatic carbocycles. The number of hydrogen-bond donors (Lipinski definition) is 3. The van der Waals surface area contributed by atoms with Crippen molar-refractivity contribution in [1.29, 1.82) is 0 Å². The third-order valence-electron chi connectivity index (χ3n) is 2.26. The summed E-state index contributed by atoms with van der Waals surface area (Å²) >= 11 is 1.16. The van der Waals surface area contributed by atoms with Crippen molar-refractivity contribution < 1.29 is 14.4 Å². The third kappa shape index (κ3) is 3.39. The molecule has 4 N–H and O–H groups in total. The van der Waals surface area contributed by atoms with Crippen molar-refractivity contribution in [3.05, 3.63) is 41.4 Å². The first kappa shape index (κ1) is 13.7. The van der Waals surface area contributed by atoms with Crippen LogP contribution in [0, 0.1) is 0 Å². The number of amides is 3. The number of aromatic nitrogens is 1. The molecule has 0 aliphatic heterocycles. The number of nitrogens with one attached hydrogen (secondary N) is 2. The Hall–Kier alpha value is -2.74. The number of thiazole rings is 1. The number of rotatable bonds is 2. The van der Waals surface area contributed by atoms with Gasteiger partial charge in [-0.25, -0.2) is 4.98 Å². The Morgan fingerprint density at radius 3 is 2.40 bits per heavy atom. The standard InChI is InChI=1S/C12H10N4O3S/c13-8-3-1-7(2-4-8)9(17)15-10(18)11(19)16-12-14-5-6-20-12/h1-6H,13H2,(H,14,16,19)(H,15,17,18). The van der Waals surface area contributed by atoms with Crippen LogP contribution in [0.2, 0.25) is 0 Å². The van der Waals surface area contributed by atoms with Crippen molar-refractivity contribution in [2.45, 2.75) is 0 Å². The fourth-order valence-electron chi connectivity index (χ4n) is 1.31. The van der Waals surface area contributed by atoms with Crippen LogP contribution in [-0.4, -0.2) is 22.7 Å². The molecule has 1 aromatic heterocycles. The van der Waals surface area contributed by atoms with Gasteiger partial charge in [-0.1, -0.05) is 0 Å². The zero-order chi connectivity index (χ0) is 14.5. The second kappa shape index (κ2) is 5.93. The first-order chi connectivity index (χ1) is 9.56. The van der Waals surface area contributed by atoms with Crippen LogP contribution in [-0.2, 0) is 9.59 Å². The number of nitrogens with two attached hydrogens (primary N) is 1. The van der Waals surface area contributed by atoms with Crippen molar-refractivity contribution >= 4 is 39.9 Å². The Bertz CT molecular complexity index is 637. The monoisotopic (exact) mass is 290 g/mol. The van der Waals surface area contributed by atoms with E-state index in [0.29, 0.717) is 5.69 Å². The maximum absolute atomic E-state index is 11.7. The molecule has 0 bridgehead atoms. The Kier molecular flexibility index (Phi) is 4.06. The lowest BCUT2D eigenvalue weighted by atomic mass is 10.2. The molecule has 7 nitrogen and oxygen atoms in total. The lowest BCUT2D eigenvalue weighted by molar-refractivity contribution is -0.135. The third-order valence-corrected chi connectivity index (χ3v) is 2.95. The molecule has 0 unspecified atom stereocenters. The second-order valence-electron chi connectivity index (χ2n) is 3.70. The molecule has 102 valence electrons. The van der Waals surface area contributed by atoms with E-state index < -0.39 is 17.7 Å². The smallest absolute Gasteiger partial charge is 0.316 e. The molecule has 0 aliphatic rings. The van der Waals surface area contributed by atoms with Crippen LogP contribution >= 0.6 is 11.3 Å². The fraction of sp³-hybridized carbons (Fsp3) is 0. The van der Waals surface area contributed by atoms with E-state index >= 15 is 0 Å². The number of carbonyl (C=O) groups is 3. The van der Waals surface area contributed by atoms with E-state index in [2.05, 4.69) is 10.3 Å². The van der Waals surface area contributed by atoms with Crippen LogP contribution in [0.5, 0.6) is 0 Å². The summed E-state index contributed by atoms with van der Waals surface area (Å²) in [5.41, 5.74) is 6.21. The average molecular weight is 290 g/mol. The molecule has 8 heteroatoms. The van der Waals surface area contributed by atoms with E-state index in [-0.39, 0.29) is 10.7 Å². The minimum atomic E-state index is -1.05. The van der Waals surface area contributed by atoms with Crippen LogP contribution < -0.4 is 16.4 Å². The first-order valence-corrected chi connectivity index (χ1v) is 6.36. The Balaban J connectivity index is 1.95. The highest BCUT2D eigenvalue weighted by molar-refractivity contribution is 7.13. The molecule has 0 fully saturated rings. The van der Waals surface area contributed by atoms with Crippen molar-refractivity contribution in [2.75, 3.05) is 11.1 Å². The quantitative estimate of drug-likeness (QED) is 0.554. The van der Waals surface area contributed by atoms with E-state index in [4.69, 9.17) is 5.73 Å². The van der Waals surface area contributed by atoms with Crippen LogP contribution in [0.1, 0.15) is 10.4 Å². The lowest BCUT2D eigenvalue weighted by Crippen LogP contribution is -2.39. The fourth-order valence-corrected chi connectivity index (χ4v) is 1.83. The molecule has 0 radical (unpaired) electrons. The maximum atomic E-state index is 11.7. The van der Waals surface area contributed by atoms with Crippen molar-refractivity contribution in [2.24, 2.45) is 0 Å². The number of carbonyl (C=O) groups excluding carboxylic acids is 3. The van der Waals surface area contributed by atoms with Gasteiger partial charge < -0.3 is 5.73 Å². The van der Waals surface area contributed by atoms with E-state index in [0.717, 1.165) is 11.3 Å². The second-order valence-corrected chi connectivity index (χ2v) is 4.59. The maximum Gasteiger partial charge on any atom is 0.316 e. The Labute approximate surface area is 117 Å². The number of benzene rings is 1. The van der Waals surface area contributed by atoms with Gasteiger partial charge >= 0.3 is 11.8 Å². The van der Waals surface area contributed by atoms with Gasteiger partial charge in [0.2, 0.25) is 0 Å². The molecule has 2 rings (SSSR count). The molecule has 0 saturated heterocycles. The van der Waals surface area contributed by atoms with Gasteiger partial charge in [0.1, 0.15) is 0 Å². The molecule has 0 spiro atoms. The van der Waals surface area contributed by atoms with Gasteiger partial charge in [-0.3, -0.25) is 25.0 Å². The summed E-state index contributed by atoms with van der Waals surface area (Å²) < 4.78 is 0. The molecule has 3 amide bonds. The summed E-state index contributed by atoms with van der Waals surface area (Å²) in [6, 6.07) is 5.96. The first-order valence-electron chi connectivity index (χ1n) is 5.48. The summed E-state index contributed by atoms with van der Waals surface area (Å²) in [7, 11) is 0. The molecular weight excluding hydrogens is 280 g/mol. The Morgan fingerprint density at radius 2 is 1.80 bits per heavy atom. The van der Waals surface area contributed by atoms with Crippen LogP contribution in [0.15, 0.2) is 35.8 Å². The normalized spacial score (nSPS) is 9.80. The molecule has 2 aromatic rings. The molecule has 0 saturated carbocycles. The molecule has 20 heavy (non-hydrogen) atoms. The molecule has 1 heterocycles. The van der Waals surface area contributed by atoms with E-state index in [1.165, 1.54) is 30.5 Å².